The number of hydrogen-bond donors (Lipinski definition) is 2. The van der Waals surface area contributed by atoms with Gasteiger partial charge in [-0.05, 0) is 45.0 Å². The third-order valence-electron chi connectivity index (χ3n) is 3.67. The van der Waals surface area contributed by atoms with Crippen LogP contribution < -0.4 is 5.73 Å². The molecule has 0 spiro atoms. The summed E-state index contributed by atoms with van der Waals surface area (Å²) in [5.41, 5.74) is 8.95. The zero-order valence-electron chi connectivity index (χ0n) is 13.0. The molecule has 0 aliphatic rings. The fourth-order valence-electron chi connectivity index (χ4n) is 2.65. The van der Waals surface area contributed by atoms with Gasteiger partial charge in [0, 0.05) is 0 Å². The van der Waals surface area contributed by atoms with Crippen molar-refractivity contribution in [2.75, 3.05) is 0 Å². The van der Waals surface area contributed by atoms with E-state index in [1.54, 1.807) is 49.7 Å². The van der Waals surface area contributed by atoms with Crippen LogP contribution in [0.2, 0.25) is 0 Å². The van der Waals surface area contributed by atoms with Crippen LogP contribution in [0.5, 0.6) is 5.75 Å². The smallest absolute Gasteiger partial charge is 0.252 e. The summed E-state index contributed by atoms with van der Waals surface area (Å²) in [6.07, 6.45) is 0. The molecule has 3 rings (SSSR count). The molecule has 0 radical (unpaired) electrons. The van der Waals surface area contributed by atoms with E-state index in [0.717, 1.165) is 0 Å². The molecule has 23 heavy (non-hydrogen) atoms. The number of amides is 1. The Labute approximate surface area is 132 Å². The summed E-state index contributed by atoms with van der Waals surface area (Å²) in [6.45, 7) is 5.28. The van der Waals surface area contributed by atoms with Gasteiger partial charge in [0.05, 0.1) is 33.9 Å². The van der Waals surface area contributed by atoms with Gasteiger partial charge in [0.2, 0.25) is 0 Å². The molecule has 1 amide bonds. The lowest BCUT2D eigenvalue weighted by Gasteiger charge is -2.09. The third-order valence-corrected chi connectivity index (χ3v) is 3.67. The molecule has 0 bridgehead atoms. The zero-order chi connectivity index (χ0) is 16.7. The van der Waals surface area contributed by atoms with Crippen molar-refractivity contribution in [1.82, 2.24) is 14.9 Å². The van der Waals surface area contributed by atoms with Crippen LogP contribution in [-0.4, -0.2) is 26.0 Å². The van der Waals surface area contributed by atoms with Crippen LogP contribution in [-0.2, 0) is 0 Å². The molecular formula is C16H16N4O3. The number of primary amides is 1. The van der Waals surface area contributed by atoms with Gasteiger partial charge in [-0.2, -0.15) is 5.10 Å². The second kappa shape index (κ2) is 5.28. The first kappa shape index (κ1) is 14.8. The van der Waals surface area contributed by atoms with Crippen molar-refractivity contribution in [3.05, 3.63) is 47.0 Å². The Balaban J connectivity index is 2.36. The predicted molar refractivity (Wildman–Crippen MR) is 83.5 cm³/mol. The maximum atomic E-state index is 11.9. The number of aromatic hydroxyl groups is 1. The molecule has 3 aromatic rings. The Morgan fingerprint density at radius 1 is 1.17 bits per heavy atom. The largest absolute Gasteiger partial charge is 0.508 e. The van der Waals surface area contributed by atoms with Crippen LogP contribution in [0.1, 0.15) is 27.5 Å². The Kier molecular flexibility index (Phi) is 3.40. The van der Waals surface area contributed by atoms with Gasteiger partial charge in [-0.25, -0.2) is 4.68 Å². The van der Waals surface area contributed by atoms with E-state index in [4.69, 9.17) is 10.3 Å². The van der Waals surface area contributed by atoms with Crippen molar-refractivity contribution in [1.29, 1.82) is 0 Å². The molecule has 0 unspecified atom stereocenters. The lowest BCUT2D eigenvalue weighted by atomic mass is 10.0. The average molecular weight is 312 g/mol. The molecule has 1 aromatic carbocycles. The zero-order valence-corrected chi connectivity index (χ0v) is 13.0. The molecule has 7 nitrogen and oxygen atoms in total. The first-order valence-electron chi connectivity index (χ1n) is 7.02. The van der Waals surface area contributed by atoms with Crippen LogP contribution >= 0.6 is 0 Å². The second-order valence-electron chi connectivity index (χ2n) is 5.30. The molecule has 2 heterocycles. The average Bonchev–Trinajstić information content (AvgIpc) is 2.99. The first-order valence-corrected chi connectivity index (χ1v) is 7.02. The number of nitrogens with two attached hydrogens (primary N) is 1. The van der Waals surface area contributed by atoms with E-state index in [2.05, 4.69) is 10.3 Å². The molecule has 118 valence electrons. The quantitative estimate of drug-likeness (QED) is 0.771. The summed E-state index contributed by atoms with van der Waals surface area (Å²) in [5.74, 6) is 0.152. The highest BCUT2D eigenvalue weighted by Crippen LogP contribution is 2.33. The lowest BCUT2D eigenvalue weighted by Crippen LogP contribution is -2.13. The van der Waals surface area contributed by atoms with Gasteiger partial charge < -0.3 is 15.4 Å². The minimum atomic E-state index is -0.567. The standard InChI is InChI=1S/C16H16N4O3/c1-8-14(16(17)22)15(13-9(2)19-23-10(13)3)20(18-8)11-4-6-12(21)7-5-11/h4-7,21H,1-3H3,(H2,17,22). The summed E-state index contributed by atoms with van der Waals surface area (Å²) in [7, 11) is 0. The number of aryl methyl sites for hydroxylation is 3. The number of hydrogen-bond acceptors (Lipinski definition) is 5. The lowest BCUT2D eigenvalue weighted by molar-refractivity contribution is 0.100. The molecule has 2 aromatic heterocycles. The second-order valence-corrected chi connectivity index (χ2v) is 5.30. The van der Waals surface area contributed by atoms with Crippen molar-refractivity contribution >= 4 is 5.91 Å². The summed E-state index contributed by atoms with van der Waals surface area (Å²) in [4.78, 5) is 11.9. The normalized spacial score (nSPS) is 10.9. The number of benzene rings is 1. The van der Waals surface area contributed by atoms with Crippen LogP contribution in [0.25, 0.3) is 16.9 Å². The fraction of sp³-hybridized carbons (Fsp3) is 0.188. The minimum absolute atomic E-state index is 0.145. The summed E-state index contributed by atoms with van der Waals surface area (Å²) >= 11 is 0. The highest BCUT2D eigenvalue weighted by atomic mass is 16.5. The molecule has 0 saturated carbocycles. The summed E-state index contributed by atoms with van der Waals surface area (Å²) in [6, 6.07) is 6.50. The summed E-state index contributed by atoms with van der Waals surface area (Å²) < 4.78 is 6.83. The SMILES string of the molecule is Cc1nn(-c2ccc(O)cc2)c(-c2c(C)noc2C)c1C(N)=O. The van der Waals surface area contributed by atoms with Crippen LogP contribution in [0, 0.1) is 20.8 Å². The van der Waals surface area contributed by atoms with Gasteiger partial charge in [0.15, 0.2) is 0 Å². The van der Waals surface area contributed by atoms with Gasteiger partial charge >= 0.3 is 0 Å². The topological polar surface area (TPSA) is 107 Å². The Morgan fingerprint density at radius 3 is 2.35 bits per heavy atom. The van der Waals surface area contributed by atoms with Gasteiger partial charge in [-0.3, -0.25) is 4.79 Å². The molecule has 0 fully saturated rings. The van der Waals surface area contributed by atoms with Gasteiger partial charge in [-0.15, -0.1) is 0 Å². The highest BCUT2D eigenvalue weighted by Gasteiger charge is 2.26. The van der Waals surface area contributed by atoms with Crippen LogP contribution in [0.3, 0.4) is 0 Å². The number of carbonyl (C=O) groups is 1. The minimum Gasteiger partial charge on any atom is -0.508 e. The Hall–Kier alpha value is -3.09. The monoisotopic (exact) mass is 312 g/mol. The molecule has 7 heteroatoms. The Morgan fingerprint density at radius 2 is 1.83 bits per heavy atom. The Bertz CT molecular complexity index is 871. The van der Waals surface area contributed by atoms with E-state index in [9.17, 15) is 9.90 Å². The van der Waals surface area contributed by atoms with Crippen LogP contribution in [0.4, 0.5) is 0 Å². The maximum Gasteiger partial charge on any atom is 0.252 e. The number of aromatic nitrogens is 3. The van der Waals surface area contributed by atoms with Crippen LogP contribution in [0.15, 0.2) is 28.8 Å². The van der Waals surface area contributed by atoms with Crippen molar-refractivity contribution in [2.45, 2.75) is 20.8 Å². The van der Waals surface area contributed by atoms with Crippen molar-refractivity contribution in [3.63, 3.8) is 0 Å². The number of phenolic OH excluding ortho intramolecular Hbond substituents is 1. The van der Waals surface area contributed by atoms with Crippen molar-refractivity contribution in [2.24, 2.45) is 5.73 Å². The fourth-order valence-corrected chi connectivity index (χ4v) is 2.65. The molecule has 3 N–H and O–H groups in total. The highest BCUT2D eigenvalue weighted by molar-refractivity contribution is 6.01. The van der Waals surface area contributed by atoms with E-state index >= 15 is 0 Å². The van der Waals surface area contributed by atoms with Crippen molar-refractivity contribution in [3.8, 4) is 22.7 Å². The number of rotatable bonds is 3. The molecule has 0 aliphatic heterocycles. The third kappa shape index (κ3) is 2.36. The van der Waals surface area contributed by atoms with Gasteiger partial charge in [0.1, 0.15) is 11.5 Å². The number of nitrogens with zero attached hydrogens (tertiary/aromatic N) is 3. The van der Waals surface area contributed by atoms with Crippen molar-refractivity contribution < 1.29 is 14.4 Å². The maximum absolute atomic E-state index is 11.9. The molecule has 0 saturated heterocycles. The van der Waals surface area contributed by atoms with E-state index in [1.165, 1.54) is 0 Å². The predicted octanol–water partition coefficient (Wildman–Crippen LogP) is 2.26. The van der Waals surface area contributed by atoms with E-state index in [0.29, 0.717) is 39.7 Å². The van der Waals surface area contributed by atoms with E-state index in [1.807, 2.05) is 0 Å². The van der Waals surface area contributed by atoms with E-state index < -0.39 is 5.91 Å². The summed E-state index contributed by atoms with van der Waals surface area (Å²) in [5, 5.41) is 17.8. The number of phenols is 1. The van der Waals surface area contributed by atoms with Gasteiger partial charge in [-0.1, -0.05) is 5.16 Å². The molecule has 0 aliphatic carbocycles. The number of carbonyl (C=O) groups excluding carboxylic acids is 1. The van der Waals surface area contributed by atoms with E-state index in [-0.39, 0.29) is 5.75 Å². The van der Waals surface area contributed by atoms with Gasteiger partial charge in [0.25, 0.3) is 5.91 Å². The molecule has 0 atom stereocenters. The molecular weight excluding hydrogens is 296 g/mol. The first-order chi connectivity index (χ1) is 10.9.